The molecule has 1 aromatic rings. The molecule has 1 aromatic carbocycles. The molecule has 3 rings (SSSR count). The monoisotopic (exact) mass is 290 g/mol. The van der Waals surface area contributed by atoms with Crippen molar-refractivity contribution in [1.82, 2.24) is 4.90 Å². The van der Waals surface area contributed by atoms with E-state index in [4.69, 9.17) is 5.73 Å². The fourth-order valence-electron chi connectivity index (χ4n) is 4.57. The first kappa shape index (κ1) is 14.4. The molecule has 114 valence electrons. The Hall–Kier alpha value is -1.58. The molecule has 2 unspecified atom stereocenters. The quantitative estimate of drug-likeness (QED) is 0.805. The average molecular weight is 290 g/mol. The van der Waals surface area contributed by atoms with E-state index in [-0.39, 0.29) is 22.8 Å². The summed E-state index contributed by atoms with van der Waals surface area (Å²) < 4.78 is 13.4. The van der Waals surface area contributed by atoms with E-state index in [2.05, 4.69) is 20.8 Å². The van der Waals surface area contributed by atoms with E-state index in [1.807, 2.05) is 4.90 Å². The van der Waals surface area contributed by atoms with Gasteiger partial charge in [0.2, 0.25) is 0 Å². The van der Waals surface area contributed by atoms with Gasteiger partial charge in [0.15, 0.2) is 0 Å². The number of amides is 1. The number of nitrogens with two attached hydrogens (primary N) is 1. The maximum Gasteiger partial charge on any atom is 0.256 e. The molecular weight excluding hydrogens is 267 g/mol. The van der Waals surface area contributed by atoms with Crippen LogP contribution in [-0.4, -0.2) is 23.4 Å². The van der Waals surface area contributed by atoms with Crippen LogP contribution in [0.15, 0.2) is 18.2 Å². The SMILES string of the molecule is CC1(C)CC2CC(C)(CN2C(=O)c2cc(F)ccc2N)C1. The summed E-state index contributed by atoms with van der Waals surface area (Å²) in [5.41, 5.74) is 6.94. The highest BCUT2D eigenvalue weighted by molar-refractivity contribution is 5.99. The Labute approximate surface area is 125 Å². The molecule has 1 saturated carbocycles. The number of benzene rings is 1. The maximum absolute atomic E-state index is 13.4. The molecular formula is C17H23FN2O. The molecule has 21 heavy (non-hydrogen) atoms. The van der Waals surface area contributed by atoms with Crippen molar-refractivity contribution >= 4 is 11.6 Å². The normalized spacial score (nSPS) is 30.5. The van der Waals surface area contributed by atoms with Gasteiger partial charge in [0.25, 0.3) is 5.91 Å². The van der Waals surface area contributed by atoms with Crippen LogP contribution in [-0.2, 0) is 0 Å². The molecule has 1 saturated heterocycles. The highest BCUT2D eigenvalue weighted by atomic mass is 19.1. The molecule has 0 aromatic heterocycles. The Morgan fingerprint density at radius 2 is 2.05 bits per heavy atom. The fourth-order valence-corrected chi connectivity index (χ4v) is 4.57. The van der Waals surface area contributed by atoms with Gasteiger partial charge in [0, 0.05) is 18.3 Å². The number of anilines is 1. The van der Waals surface area contributed by atoms with Crippen LogP contribution in [0, 0.1) is 16.6 Å². The first-order valence-electron chi connectivity index (χ1n) is 7.55. The summed E-state index contributed by atoms with van der Waals surface area (Å²) in [5, 5.41) is 0. The van der Waals surface area contributed by atoms with Crippen molar-refractivity contribution in [2.45, 2.75) is 46.1 Å². The predicted octanol–water partition coefficient (Wildman–Crippen LogP) is 3.45. The molecule has 2 fully saturated rings. The molecule has 1 heterocycles. The fraction of sp³-hybridized carbons (Fsp3) is 0.588. The van der Waals surface area contributed by atoms with E-state index < -0.39 is 5.82 Å². The summed E-state index contributed by atoms with van der Waals surface area (Å²) in [5.74, 6) is -0.542. The van der Waals surface area contributed by atoms with Gasteiger partial charge in [-0.05, 0) is 48.3 Å². The molecule has 3 nitrogen and oxygen atoms in total. The number of nitrogens with zero attached hydrogens (tertiary/aromatic N) is 1. The molecule has 0 spiro atoms. The lowest BCUT2D eigenvalue weighted by atomic mass is 9.65. The topological polar surface area (TPSA) is 46.3 Å². The summed E-state index contributed by atoms with van der Waals surface area (Å²) in [6.45, 7) is 7.53. The minimum atomic E-state index is -0.415. The zero-order valence-electron chi connectivity index (χ0n) is 12.9. The van der Waals surface area contributed by atoms with Crippen LogP contribution in [0.3, 0.4) is 0 Å². The van der Waals surface area contributed by atoms with Crippen LogP contribution in [0.1, 0.15) is 50.4 Å². The van der Waals surface area contributed by atoms with Crippen molar-refractivity contribution in [1.29, 1.82) is 0 Å². The minimum absolute atomic E-state index is 0.126. The van der Waals surface area contributed by atoms with Crippen molar-refractivity contribution < 1.29 is 9.18 Å². The van der Waals surface area contributed by atoms with Crippen molar-refractivity contribution in [2.75, 3.05) is 12.3 Å². The van der Waals surface area contributed by atoms with E-state index in [0.29, 0.717) is 11.3 Å². The first-order chi connectivity index (χ1) is 9.69. The smallest absolute Gasteiger partial charge is 0.256 e. The number of hydrogen-bond donors (Lipinski definition) is 1. The van der Waals surface area contributed by atoms with Gasteiger partial charge in [-0.25, -0.2) is 4.39 Å². The van der Waals surface area contributed by atoms with E-state index in [9.17, 15) is 9.18 Å². The van der Waals surface area contributed by atoms with Gasteiger partial charge in [-0.2, -0.15) is 0 Å². The Balaban J connectivity index is 1.91. The Kier molecular flexibility index (Phi) is 3.05. The van der Waals surface area contributed by atoms with Crippen LogP contribution in [0.4, 0.5) is 10.1 Å². The van der Waals surface area contributed by atoms with E-state index >= 15 is 0 Å². The summed E-state index contributed by atoms with van der Waals surface area (Å²) in [4.78, 5) is 14.7. The van der Waals surface area contributed by atoms with Gasteiger partial charge in [0.05, 0.1) is 5.56 Å². The van der Waals surface area contributed by atoms with Crippen LogP contribution < -0.4 is 5.73 Å². The second-order valence-corrected chi connectivity index (χ2v) is 7.88. The Morgan fingerprint density at radius 1 is 1.33 bits per heavy atom. The minimum Gasteiger partial charge on any atom is -0.398 e. The predicted molar refractivity (Wildman–Crippen MR) is 81.4 cm³/mol. The number of rotatable bonds is 1. The summed E-state index contributed by atoms with van der Waals surface area (Å²) in [6.07, 6.45) is 3.17. The molecule has 2 N–H and O–H groups in total. The standard InChI is InChI=1S/C17H23FN2O/c1-16(2)7-12-8-17(3,9-16)10-20(12)15(21)13-6-11(18)4-5-14(13)19/h4-6,12H,7-10,19H2,1-3H3. The molecule has 1 aliphatic carbocycles. The van der Waals surface area contributed by atoms with E-state index in [1.54, 1.807) is 0 Å². The molecule has 2 aliphatic rings. The molecule has 1 amide bonds. The summed E-state index contributed by atoms with van der Waals surface area (Å²) in [7, 11) is 0. The molecule has 0 radical (unpaired) electrons. The van der Waals surface area contributed by atoms with Gasteiger partial charge in [-0.1, -0.05) is 20.8 Å². The highest BCUT2D eigenvalue weighted by Gasteiger charge is 2.51. The van der Waals surface area contributed by atoms with Crippen molar-refractivity contribution in [2.24, 2.45) is 10.8 Å². The van der Waals surface area contributed by atoms with Crippen molar-refractivity contribution in [3.8, 4) is 0 Å². The molecule has 4 heteroatoms. The van der Waals surface area contributed by atoms with Crippen molar-refractivity contribution in [3.63, 3.8) is 0 Å². The maximum atomic E-state index is 13.4. The molecule has 2 atom stereocenters. The number of hydrogen-bond acceptors (Lipinski definition) is 2. The van der Waals surface area contributed by atoms with Crippen LogP contribution in [0.5, 0.6) is 0 Å². The third-order valence-electron chi connectivity index (χ3n) is 4.92. The third-order valence-corrected chi connectivity index (χ3v) is 4.92. The number of carbonyl (C=O) groups is 1. The zero-order chi connectivity index (χ0) is 15.4. The number of halogens is 1. The lowest BCUT2D eigenvalue weighted by molar-refractivity contribution is 0.0709. The van der Waals surface area contributed by atoms with Gasteiger partial charge in [-0.3, -0.25) is 4.79 Å². The second-order valence-electron chi connectivity index (χ2n) is 7.88. The summed E-state index contributed by atoms with van der Waals surface area (Å²) >= 11 is 0. The van der Waals surface area contributed by atoms with Crippen LogP contribution in [0.2, 0.25) is 0 Å². The number of likely N-dealkylation sites (tertiary alicyclic amines) is 1. The van der Waals surface area contributed by atoms with Gasteiger partial charge >= 0.3 is 0 Å². The Morgan fingerprint density at radius 3 is 2.76 bits per heavy atom. The zero-order valence-corrected chi connectivity index (χ0v) is 12.9. The number of fused-ring (bicyclic) bond motifs is 2. The van der Waals surface area contributed by atoms with Gasteiger partial charge < -0.3 is 10.6 Å². The number of carbonyl (C=O) groups excluding carboxylic acids is 1. The molecule has 2 bridgehead atoms. The molecule has 1 aliphatic heterocycles. The Bertz CT molecular complexity index is 598. The van der Waals surface area contributed by atoms with E-state index in [1.165, 1.54) is 18.2 Å². The highest BCUT2D eigenvalue weighted by Crippen LogP contribution is 2.52. The summed E-state index contributed by atoms with van der Waals surface area (Å²) in [6, 6.07) is 4.26. The second kappa shape index (κ2) is 4.46. The van der Waals surface area contributed by atoms with Crippen LogP contribution >= 0.6 is 0 Å². The average Bonchev–Trinajstić information content (AvgIpc) is 2.61. The van der Waals surface area contributed by atoms with Gasteiger partial charge in [-0.15, -0.1) is 0 Å². The largest absolute Gasteiger partial charge is 0.398 e. The van der Waals surface area contributed by atoms with E-state index in [0.717, 1.165) is 25.8 Å². The first-order valence-corrected chi connectivity index (χ1v) is 7.55. The van der Waals surface area contributed by atoms with Gasteiger partial charge in [0.1, 0.15) is 5.82 Å². The van der Waals surface area contributed by atoms with Crippen molar-refractivity contribution in [3.05, 3.63) is 29.6 Å². The van der Waals surface area contributed by atoms with Crippen LogP contribution in [0.25, 0.3) is 0 Å². The third kappa shape index (κ3) is 2.52. The number of nitrogen functional groups attached to an aromatic ring is 1. The lowest BCUT2D eigenvalue weighted by Gasteiger charge is -2.39. The lowest BCUT2D eigenvalue weighted by Crippen LogP contribution is -2.38.